The van der Waals surface area contributed by atoms with Crippen molar-refractivity contribution < 1.29 is 14.6 Å². The van der Waals surface area contributed by atoms with Crippen LogP contribution in [0.3, 0.4) is 0 Å². The third-order valence-electron chi connectivity index (χ3n) is 3.89. The van der Waals surface area contributed by atoms with Gasteiger partial charge in [0.15, 0.2) is 0 Å². The summed E-state index contributed by atoms with van der Waals surface area (Å²) in [6, 6.07) is 5.23. The summed E-state index contributed by atoms with van der Waals surface area (Å²) >= 11 is 11.9. The fourth-order valence-electron chi connectivity index (χ4n) is 2.32. The Morgan fingerprint density at radius 3 is 2.90 bits per heavy atom. The molecule has 0 bridgehead atoms. The SMILES string of the molecule is CC1OCCC1(O)CNC(=O)CCc1ccc(Cl)cc1Cl. The number of nitrogens with one attached hydrogen (secondary N) is 1. The Kier molecular flexibility index (Phi) is 5.49. The Morgan fingerprint density at radius 1 is 1.52 bits per heavy atom. The quantitative estimate of drug-likeness (QED) is 0.871. The molecule has 0 aromatic heterocycles. The number of aryl methyl sites for hydroxylation is 1. The summed E-state index contributed by atoms with van der Waals surface area (Å²) in [6.07, 6.45) is 1.12. The highest BCUT2D eigenvalue weighted by Gasteiger charge is 2.39. The van der Waals surface area contributed by atoms with Crippen molar-refractivity contribution in [3.8, 4) is 0 Å². The molecular weight excluding hydrogens is 313 g/mol. The van der Waals surface area contributed by atoms with E-state index in [1.807, 2.05) is 13.0 Å². The van der Waals surface area contributed by atoms with Crippen LogP contribution in [0, 0.1) is 0 Å². The van der Waals surface area contributed by atoms with Crippen LogP contribution in [0.1, 0.15) is 25.3 Å². The Bertz CT molecular complexity index is 524. The van der Waals surface area contributed by atoms with E-state index in [0.29, 0.717) is 35.9 Å². The molecule has 4 nitrogen and oxygen atoms in total. The van der Waals surface area contributed by atoms with E-state index in [0.717, 1.165) is 5.56 Å². The first-order chi connectivity index (χ1) is 9.90. The van der Waals surface area contributed by atoms with E-state index in [2.05, 4.69) is 5.32 Å². The second-order valence-electron chi connectivity index (χ2n) is 5.38. The largest absolute Gasteiger partial charge is 0.385 e. The molecule has 0 saturated carbocycles. The molecule has 1 heterocycles. The van der Waals surface area contributed by atoms with Crippen LogP contribution in [0.4, 0.5) is 0 Å². The molecule has 116 valence electrons. The predicted octanol–water partition coefficient (Wildman–Crippen LogP) is 2.58. The summed E-state index contributed by atoms with van der Waals surface area (Å²) in [6.45, 7) is 2.54. The molecule has 0 spiro atoms. The highest BCUT2D eigenvalue weighted by atomic mass is 35.5. The number of amides is 1. The summed E-state index contributed by atoms with van der Waals surface area (Å²) < 4.78 is 5.33. The monoisotopic (exact) mass is 331 g/mol. The zero-order valence-electron chi connectivity index (χ0n) is 11.9. The molecule has 1 amide bonds. The Morgan fingerprint density at radius 2 is 2.29 bits per heavy atom. The molecule has 0 radical (unpaired) electrons. The molecule has 21 heavy (non-hydrogen) atoms. The molecule has 1 aromatic carbocycles. The first-order valence-corrected chi connectivity index (χ1v) is 7.71. The molecule has 2 unspecified atom stereocenters. The fraction of sp³-hybridized carbons (Fsp3) is 0.533. The molecule has 2 atom stereocenters. The average molecular weight is 332 g/mol. The summed E-state index contributed by atoms with van der Waals surface area (Å²) in [4.78, 5) is 11.9. The van der Waals surface area contributed by atoms with E-state index in [9.17, 15) is 9.90 Å². The van der Waals surface area contributed by atoms with E-state index in [4.69, 9.17) is 27.9 Å². The molecule has 1 fully saturated rings. The highest BCUT2D eigenvalue weighted by Crippen LogP contribution is 2.25. The van der Waals surface area contributed by atoms with E-state index >= 15 is 0 Å². The van der Waals surface area contributed by atoms with Crippen LogP contribution in [0.25, 0.3) is 0 Å². The van der Waals surface area contributed by atoms with Crippen molar-refractivity contribution in [1.82, 2.24) is 5.32 Å². The number of aliphatic hydroxyl groups is 1. The van der Waals surface area contributed by atoms with Gasteiger partial charge in [-0.05, 0) is 31.0 Å². The van der Waals surface area contributed by atoms with Crippen molar-refractivity contribution in [2.75, 3.05) is 13.2 Å². The van der Waals surface area contributed by atoms with Gasteiger partial charge in [-0.2, -0.15) is 0 Å². The minimum Gasteiger partial charge on any atom is -0.385 e. The van der Waals surface area contributed by atoms with Gasteiger partial charge in [-0.3, -0.25) is 4.79 Å². The van der Waals surface area contributed by atoms with Crippen LogP contribution < -0.4 is 5.32 Å². The summed E-state index contributed by atoms with van der Waals surface area (Å²) in [5, 5.41) is 14.2. The molecule has 1 saturated heterocycles. The van der Waals surface area contributed by atoms with Gasteiger partial charge < -0.3 is 15.2 Å². The van der Waals surface area contributed by atoms with Gasteiger partial charge in [0.25, 0.3) is 0 Å². The minimum atomic E-state index is -0.965. The van der Waals surface area contributed by atoms with Gasteiger partial charge in [0.2, 0.25) is 5.91 Å². The standard InChI is InChI=1S/C15H19Cl2NO3/c1-10-15(20,6-7-21-10)9-18-14(19)5-3-11-2-4-12(16)8-13(11)17/h2,4,8,10,20H,3,5-7,9H2,1H3,(H,18,19). The fourth-order valence-corrected chi connectivity index (χ4v) is 2.82. The Hall–Kier alpha value is -0.810. The van der Waals surface area contributed by atoms with Crippen LogP contribution in [0.15, 0.2) is 18.2 Å². The topological polar surface area (TPSA) is 58.6 Å². The van der Waals surface area contributed by atoms with Crippen molar-refractivity contribution in [1.29, 1.82) is 0 Å². The maximum atomic E-state index is 11.9. The molecular formula is C15H19Cl2NO3. The normalized spacial score (nSPS) is 25.0. The van der Waals surface area contributed by atoms with Crippen molar-refractivity contribution in [2.45, 2.75) is 37.9 Å². The molecule has 0 aliphatic carbocycles. The lowest BCUT2D eigenvalue weighted by molar-refractivity contribution is -0.122. The van der Waals surface area contributed by atoms with Gasteiger partial charge in [0.05, 0.1) is 6.10 Å². The van der Waals surface area contributed by atoms with Crippen LogP contribution in [0.5, 0.6) is 0 Å². The number of carbonyl (C=O) groups excluding carboxylic acids is 1. The second kappa shape index (κ2) is 6.97. The Labute approximate surface area is 134 Å². The molecule has 2 rings (SSSR count). The summed E-state index contributed by atoms with van der Waals surface area (Å²) in [5.41, 5.74) is -0.0828. The number of carbonyl (C=O) groups is 1. The molecule has 1 aliphatic heterocycles. The molecule has 1 aromatic rings. The number of hydrogen-bond donors (Lipinski definition) is 2. The van der Waals surface area contributed by atoms with Crippen molar-refractivity contribution in [2.24, 2.45) is 0 Å². The maximum Gasteiger partial charge on any atom is 0.220 e. The van der Waals surface area contributed by atoms with Gasteiger partial charge in [0.1, 0.15) is 5.60 Å². The number of hydrogen-bond acceptors (Lipinski definition) is 3. The maximum absolute atomic E-state index is 11.9. The summed E-state index contributed by atoms with van der Waals surface area (Å²) in [5.74, 6) is -0.117. The summed E-state index contributed by atoms with van der Waals surface area (Å²) in [7, 11) is 0. The van der Waals surface area contributed by atoms with E-state index in [1.165, 1.54) is 0 Å². The van der Waals surface area contributed by atoms with Crippen molar-refractivity contribution >= 4 is 29.1 Å². The van der Waals surface area contributed by atoms with Crippen LogP contribution in [-0.2, 0) is 16.0 Å². The average Bonchev–Trinajstić information content (AvgIpc) is 2.76. The van der Waals surface area contributed by atoms with Crippen molar-refractivity contribution in [3.05, 3.63) is 33.8 Å². The highest BCUT2D eigenvalue weighted by molar-refractivity contribution is 6.35. The van der Waals surface area contributed by atoms with Crippen LogP contribution in [-0.4, -0.2) is 35.9 Å². The van der Waals surface area contributed by atoms with E-state index in [1.54, 1.807) is 12.1 Å². The molecule has 2 N–H and O–H groups in total. The van der Waals surface area contributed by atoms with Crippen LogP contribution >= 0.6 is 23.2 Å². The third kappa shape index (κ3) is 4.33. The zero-order valence-corrected chi connectivity index (χ0v) is 13.4. The van der Waals surface area contributed by atoms with E-state index < -0.39 is 5.60 Å². The first kappa shape index (κ1) is 16.6. The number of halogens is 2. The number of rotatable bonds is 5. The predicted molar refractivity (Wildman–Crippen MR) is 82.8 cm³/mol. The van der Waals surface area contributed by atoms with Crippen LogP contribution in [0.2, 0.25) is 10.0 Å². The number of ether oxygens (including phenoxy) is 1. The molecule has 1 aliphatic rings. The smallest absolute Gasteiger partial charge is 0.220 e. The number of benzene rings is 1. The van der Waals surface area contributed by atoms with Gasteiger partial charge in [-0.1, -0.05) is 29.3 Å². The van der Waals surface area contributed by atoms with Gasteiger partial charge in [-0.25, -0.2) is 0 Å². The van der Waals surface area contributed by atoms with Crippen molar-refractivity contribution in [3.63, 3.8) is 0 Å². The lowest BCUT2D eigenvalue weighted by Crippen LogP contribution is -2.47. The van der Waals surface area contributed by atoms with Gasteiger partial charge >= 0.3 is 0 Å². The lowest BCUT2D eigenvalue weighted by atomic mass is 9.96. The lowest BCUT2D eigenvalue weighted by Gasteiger charge is -2.26. The third-order valence-corrected chi connectivity index (χ3v) is 4.47. The van der Waals surface area contributed by atoms with Gasteiger partial charge in [0, 0.05) is 36.0 Å². The Balaban J connectivity index is 1.80. The minimum absolute atomic E-state index is 0.117. The molecule has 6 heteroatoms. The zero-order chi connectivity index (χ0) is 15.5. The van der Waals surface area contributed by atoms with Gasteiger partial charge in [-0.15, -0.1) is 0 Å². The first-order valence-electron chi connectivity index (χ1n) is 6.95. The van der Waals surface area contributed by atoms with E-state index in [-0.39, 0.29) is 18.6 Å². The second-order valence-corrected chi connectivity index (χ2v) is 6.22.